The van der Waals surface area contributed by atoms with E-state index in [-0.39, 0.29) is 48.0 Å². The molecule has 0 unspecified atom stereocenters. The normalized spacial score (nSPS) is 9.39. The van der Waals surface area contributed by atoms with Gasteiger partial charge in [-0.3, -0.25) is 24.0 Å². The Morgan fingerprint density at radius 1 is 0.611 bits per heavy atom. The predicted octanol–water partition coefficient (Wildman–Crippen LogP) is 5.07. The number of rotatable bonds is 8. The summed E-state index contributed by atoms with van der Waals surface area (Å²) in [5.74, 6) is -1.39. The highest BCUT2D eigenvalue weighted by Gasteiger charge is 2.05. The fourth-order valence-corrected chi connectivity index (χ4v) is 1.31. The van der Waals surface area contributed by atoms with Crippen LogP contribution in [0.4, 0.5) is 0 Å². The molecule has 0 aromatic rings. The van der Waals surface area contributed by atoms with E-state index < -0.39 is 11.9 Å². The predicted molar refractivity (Wildman–Crippen MR) is 139 cm³/mol. The Morgan fingerprint density at radius 2 is 0.972 bits per heavy atom. The SMILES string of the molecule is CC(C)C(=O)O.CC(C)CC(=O)O.CCOC(=O)C(C)C.COC(=O)C(C)C.COC(=O)CC(C)C. The van der Waals surface area contributed by atoms with Crippen LogP contribution in [0.2, 0.25) is 0 Å². The summed E-state index contributed by atoms with van der Waals surface area (Å²) >= 11 is 0. The first-order valence-corrected chi connectivity index (χ1v) is 12.1. The van der Waals surface area contributed by atoms with Crippen LogP contribution in [-0.2, 0) is 38.2 Å². The zero-order valence-electron chi connectivity index (χ0n) is 24.7. The highest BCUT2D eigenvalue weighted by molar-refractivity contribution is 5.71. The topological polar surface area (TPSA) is 154 Å². The van der Waals surface area contributed by atoms with E-state index in [1.165, 1.54) is 14.2 Å². The number of hydrogen-bond acceptors (Lipinski definition) is 8. The molecule has 0 spiro atoms. The summed E-state index contributed by atoms with van der Waals surface area (Å²) in [4.78, 5) is 50.7. The Balaban J connectivity index is -0.000000112. The van der Waals surface area contributed by atoms with E-state index in [9.17, 15) is 24.0 Å². The Bertz CT molecular complexity index is 579. The van der Waals surface area contributed by atoms with Crippen LogP contribution in [0, 0.1) is 29.6 Å². The molecule has 0 heterocycles. The highest BCUT2D eigenvalue weighted by Crippen LogP contribution is 1.99. The third-order valence-electron chi connectivity index (χ3n) is 3.31. The monoisotopic (exact) mass is 524 g/mol. The Morgan fingerprint density at radius 3 is 1.03 bits per heavy atom. The number of carbonyl (C=O) groups excluding carboxylic acids is 3. The van der Waals surface area contributed by atoms with Gasteiger partial charge in [0.25, 0.3) is 0 Å². The van der Waals surface area contributed by atoms with E-state index in [1.807, 2.05) is 41.5 Å². The second kappa shape index (κ2) is 28.6. The van der Waals surface area contributed by atoms with Crippen LogP contribution in [0.25, 0.3) is 0 Å². The lowest BCUT2D eigenvalue weighted by molar-refractivity contribution is -0.147. The molecule has 0 aromatic heterocycles. The molecule has 0 atom stereocenters. The first kappa shape index (κ1) is 43.4. The Hall–Kier alpha value is -2.65. The van der Waals surface area contributed by atoms with Gasteiger partial charge in [0.05, 0.1) is 38.6 Å². The molecule has 36 heavy (non-hydrogen) atoms. The third-order valence-corrected chi connectivity index (χ3v) is 3.31. The quantitative estimate of drug-likeness (QED) is 0.325. The minimum absolute atomic E-state index is 0.00463. The van der Waals surface area contributed by atoms with E-state index in [1.54, 1.807) is 34.6 Å². The second-order valence-electron chi connectivity index (χ2n) is 9.24. The zero-order chi connectivity index (χ0) is 30.0. The van der Waals surface area contributed by atoms with Gasteiger partial charge in [-0.05, 0) is 18.8 Å². The summed E-state index contributed by atoms with van der Waals surface area (Å²) in [6, 6.07) is 0. The van der Waals surface area contributed by atoms with Gasteiger partial charge in [0.1, 0.15) is 0 Å². The Kier molecular flexibility index (Phi) is 34.5. The minimum Gasteiger partial charge on any atom is -0.481 e. The zero-order valence-corrected chi connectivity index (χ0v) is 24.7. The standard InChI is InChI=1S/2C6H12O2.2C5H10O2.C4H8O2/c1-5(2)4-6(7)8-3;1-4-8-6(7)5(2)3;1-4(2)5(6)7-3;1-4(2)3-5(6)7;1-3(2)4(5)6/h2*5H,4H2,1-3H3;4H,1-3H3;4H,3H2,1-2H3,(H,6,7);3H,1-2H3,(H,5,6). The Labute approximate surface area is 218 Å². The van der Waals surface area contributed by atoms with Crippen LogP contribution in [0.15, 0.2) is 0 Å². The molecule has 216 valence electrons. The smallest absolute Gasteiger partial charge is 0.308 e. The lowest BCUT2D eigenvalue weighted by atomic mass is 10.1. The molecular weight excluding hydrogens is 472 g/mol. The van der Waals surface area contributed by atoms with Crippen LogP contribution in [0.1, 0.15) is 89.0 Å². The highest BCUT2D eigenvalue weighted by atomic mass is 16.5. The summed E-state index contributed by atoms with van der Waals surface area (Å²) in [7, 11) is 2.80. The van der Waals surface area contributed by atoms with Gasteiger partial charge in [0.15, 0.2) is 0 Å². The van der Waals surface area contributed by atoms with E-state index in [0.717, 1.165) is 0 Å². The number of carbonyl (C=O) groups is 5. The van der Waals surface area contributed by atoms with Crippen molar-refractivity contribution >= 4 is 29.8 Å². The molecular formula is C26H52O10. The summed E-state index contributed by atoms with van der Waals surface area (Å²) in [6.07, 6.45) is 0.802. The molecule has 0 aliphatic rings. The summed E-state index contributed by atoms with van der Waals surface area (Å²) in [5.41, 5.74) is 0. The molecule has 0 rings (SSSR count). The second-order valence-corrected chi connectivity index (χ2v) is 9.24. The number of carboxylic acids is 2. The minimum atomic E-state index is -0.741. The molecule has 10 nitrogen and oxygen atoms in total. The summed E-state index contributed by atoms with van der Waals surface area (Å²) in [6.45, 7) is 20.5. The van der Waals surface area contributed by atoms with Crippen molar-refractivity contribution in [2.24, 2.45) is 29.6 Å². The van der Waals surface area contributed by atoms with E-state index in [2.05, 4.69) is 14.2 Å². The van der Waals surface area contributed by atoms with Crippen molar-refractivity contribution in [1.29, 1.82) is 0 Å². The van der Waals surface area contributed by atoms with Gasteiger partial charge < -0.3 is 24.4 Å². The molecule has 0 aliphatic heterocycles. The maximum Gasteiger partial charge on any atom is 0.308 e. The number of carboxylic acid groups (broad SMARTS) is 2. The van der Waals surface area contributed by atoms with Crippen LogP contribution in [0.3, 0.4) is 0 Å². The van der Waals surface area contributed by atoms with Crippen molar-refractivity contribution in [3.8, 4) is 0 Å². The molecule has 0 radical (unpaired) electrons. The number of aliphatic carboxylic acids is 2. The van der Waals surface area contributed by atoms with Crippen molar-refractivity contribution in [2.45, 2.75) is 89.0 Å². The molecule has 0 bridgehead atoms. The maximum atomic E-state index is 10.5. The molecule has 0 aliphatic carbocycles. The molecule has 0 saturated heterocycles. The number of methoxy groups -OCH3 is 2. The third kappa shape index (κ3) is 48.7. The lowest BCUT2D eigenvalue weighted by Gasteiger charge is -2.01. The van der Waals surface area contributed by atoms with Gasteiger partial charge >= 0.3 is 29.8 Å². The summed E-state index contributed by atoms with van der Waals surface area (Å²) < 4.78 is 13.5. The van der Waals surface area contributed by atoms with Crippen LogP contribution in [0.5, 0.6) is 0 Å². The van der Waals surface area contributed by atoms with Crippen LogP contribution < -0.4 is 0 Å². The number of esters is 3. The van der Waals surface area contributed by atoms with Gasteiger partial charge in [-0.2, -0.15) is 0 Å². The molecule has 0 saturated carbocycles. The number of hydrogen-bond donors (Lipinski definition) is 2. The lowest BCUT2D eigenvalue weighted by Crippen LogP contribution is -2.10. The molecule has 0 aromatic carbocycles. The van der Waals surface area contributed by atoms with Gasteiger partial charge in [-0.1, -0.05) is 69.2 Å². The molecule has 0 fully saturated rings. The van der Waals surface area contributed by atoms with Gasteiger partial charge in [-0.15, -0.1) is 0 Å². The van der Waals surface area contributed by atoms with E-state index in [0.29, 0.717) is 18.9 Å². The van der Waals surface area contributed by atoms with Crippen LogP contribution in [-0.4, -0.2) is 60.9 Å². The van der Waals surface area contributed by atoms with Crippen molar-refractivity contribution in [2.75, 3.05) is 20.8 Å². The van der Waals surface area contributed by atoms with Crippen molar-refractivity contribution in [3.05, 3.63) is 0 Å². The van der Waals surface area contributed by atoms with Crippen molar-refractivity contribution in [3.63, 3.8) is 0 Å². The van der Waals surface area contributed by atoms with Gasteiger partial charge in [0.2, 0.25) is 0 Å². The fourth-order valence-electron chi connectivity index (χ4n) is 1.31. The average Bonchev–Trinajstić information content (AvgIpc) is 2.73. The molecule has 2 N–H and O–H groups in total. The van der Waals surface area contributed by atoms with E-state index in [4.69, 9.17) is 10.2 Å². The van der Waals surface area contributed by atoms with E-state index >= 15 is 0 Å². The maximum absolute atomic E-state index is 10.5. The average molecular weight is 525 g/mol. The van der Waals surface area contributed by atoms with Gasteiger partial charge in [-0.25, -0.2) is 0 Å². The van der Waals surface area contributed by atoms with Crippen LogP contribution >= 0.6 is 0 Å². The fraction of sp³-hybridized carbons (Fsp3) is 0.808. The summed E-state index contributed by atoms with van der Waals surface area (Å²) in [5, 5.41) is 16.1. The number of ether oxygens (including phenoxy) is 3. The first-order chi connectivity index (χ1) is 16.3. The van der Waals surface area contributed by atoms with Crippen molar-refractivity contribution in [1.82, 2.24) is 0 Å². The van der Waals surface area contributed by atoms with Gasteiger partial charge in [0, 0.05) is 12.8 Å². The van der Waals surface area contributed by atoms with Crippen molar-refractivity contribution < 1.29 is 48.4 Å². The first-order valence-electron chi connectivity index (χ1n) is 12.1. The largest absolute Gasteiger partial charge is 0.481 e. The molecule has 10 heteroatoms. The molecule has 0 amide bonds.